The van der Waals surface area contributed by atoms with Gasteiger partial charge in [0, 0.05) is 51.6 Å². The molecule has 1 fully saturated rings. The van der Waals surface area contributed by atoms with Crippen LogP contribution in [0.1, 0.15) is 29.7 Å². The molecule has 0 unspecified atom stereocenters. The third kappa shape index (κ3) is 4.93. The number of fused-ring (bicyclic) bond motifs is 1. The van der Waals surface area contributed by atoms with Gasteiger partial charge >= 0.3 is 0 Å². The number of benzene rings is 1. The van der Waals surface area contributed by atoms with E-state index in [1.54, 1.807) is 11.3 Å². The molecule has 2 aromatic rings. The highest BCUT2D eigenvalue weighted by Gasteiger charge is 2.19. The van der Waals surface area contributed by atoms with Crippen molar-refractivity contribution in [3.05, 3.63) is 46.5 Å². The maximum Gasteiger partial charge on any atom is 0.193 e. The van der Waals surface area contributed by atoms with Crippen molar-refractivity contribution in [1.82, 2.24) is 15.2 Å². The van der Waals surface area contributed by atoms with Gasteiger partial charge in [-0.2, -0.15) is 0 Å². The SMILES string of the molecule is CN=C(NCCc1csc(N2CCCC2)n1)N1CCc2ccccc2C1.I. The Bertz CT molecular complexity index is 769. The number of hydrogen-bond acceptors (Lipinski definition) is 4. The van der Waals surface area contributed by atoms with E-state index in [-0.39, 0.29) is 24.0 Å². The molecule has 1 saturated heterocycles. The zero-order valence-electron chi connectivity index (χ0n) is 15.9. The van der Waals surface area contributed by atoms with Crippen LogP contribution in [-0.4, -0.2) is 49.1 Å². The van der Waals surface area contributed by atoms with Crippen molar-refractivity contribution in [2.45, 2.75) is 32.2 Å². The lowest BCUT2D eigenvalue weighted by Gasteiger charge is -2.31. The number of rotatable bonds is 4. The Balaban J connectivity index is 0.00000210. The molecule has 27 heavy (non-hydrogen) atoms. The third-order valence-electron chi connectivity index (χ3n) is 5.22. The van der Waals surface area contributed by atoms with Crippen LogP contribution in [0.25, 0.3) is 0 Å². The molecule has 5 nitrogen and oxygen atoms in total. The number of thiazole rings is 1. The van der Waals surface area contributed by atoms with E-state index in [0.29, 0.717) is 0 Å². The van der Waals surface area contributed by atoms with E-state index in [9.17, 15) is 0 Å². The minimum absolute atomic E-state index is 0. The molecular weight excluding hydrogens is 469 g/mol. The second-order valence-corrected chi connectivity index (χ2v) is 7.82. The van der Waals surface area contributed by atoms with E-state index in [2.05, 4.69) is 49.8 Å². The molecule has 2 aliphatic heterocycles. The summed E-state index contributed by atoms with van der Waals surface area (Å²) in [6, 6.07) is 8.72. The van der Waals surface area contributed by atoms with E-state index in [0.717, 1.165) is 51.5 Å². The van der Waals surface area contributed by atoms with Gasteiger partial charge in [0.1, 0.15) is 0 Å². The molecule has 0 radical (unpaired) electrons. The zero-order valence-corrected chi connectivity index (χ0v) is 19.0. The van der Waals surface area contributed by atoms with Crippen LogP contribution in [0, 0.1) is 0 Å². The molecule has 1 aromatic carbocycles. The number of guanidine groups is 1. The number of nitrogens with zero attached hydrogens (tertiary/aromatic N) is 4. The van der Waals surface area contributed by atoms with Gasteiger partial charge in [0.25, 0.3) is 0 Å². The highest BCUT2D eigenvalue weighted by atomic mass is 127. The van der Waals surface area contributed by atoms with E-state index >= 15 is 0 Å². The van der Waals surface area contributed by atoms with Crippen molar-refractivity contribution in [1.29, 1.82) is 0 Å². The van der Waals surface area contributed by atoms with Crippen molar-refractivity contribution >= 4 is 46.4 Å². The maximum absolute atomic E-state index is 4.81. The Morgan fingerprint density at radius 3 is 2.74 bits per heavy atom. The highest BCUT2D eigenvalue weighted by molar-refractivity contribution is 14.0. The number of aromatic nitrogens is 1. The van der Waals surface area contributed by atoms with Gasteiger partial charge in [0.2, 0.25) is 0 Å². The highest BCUT2D eigenvalue weighted by Crippen LogP contribution is 2.24. The van der Waals surface area contributed by atoms with Gasteiger partial charge in [0.15, 0.2) is 11.1 Å². The fourth-order valence-electron chi connectivity index (χ4n) is 3.78. The van der Waals surface area contributed by atoms with Crippen molar-refractivity contribution in [3.63, 3.8) is 0 Å². The number of nitrogens with one attached hydrogen (secondary N) is 1. The lowest BCUT2D eigenvalue weighted by Crippen LogP contribution is -2.44. The van der Waals surface area contributed by atoms with Crippen LogP contribution >= 0.6 is 35.3 Å². The average molecular weight is 497 g/mol. The molecule has 0 saturated carbocycles. The van der Waals surface area contributed by atoms with E-state index in [1.165, 1.54) is 34.8 Å². The monoisotopic (exact) mass is 497 g/mol. The van der Waals surface area contributed by atoms with Crippen LogP contribution in [0.4, 0.5) is 5.13 Å². The van der Waals surface area contributed by atoms with Crippen molar-refractivity contribution in [3.8, 4) is 0 Å². The summed E-state index contributed by atoms with van der Waals surface area (Å²) in [6.45, 7) is 5.15. The van der Waals surface area contributed by atoms with Crippen molar-refractivity contribution < 1.29 is 0 Å². The summed E-state index contributed by atoms with van der Waals surface area (Å²) in [5, 5.41) is 6.92. The topological polar surface area (TPSA) is 43.8 Å². The zero-order chi connectivity index (χ0) is 17.8. The number of anilines is 1. The van der Waals surface area contributed by atoms with Gasteiger partial charge in [-0.05, 0) is 30.4 Å². The Kier molecular flexibility index (Phi) is 7.34. The molecule has 3 heterocycles. The molecule has 1 aromatic heterocycles. The van der Waals surface area contributed by atoms with Gasteiger partial charge < -0.3 is 15.1 Å². The van der Waals surface area contributed by atoms with Gasteiger partial charge in [0.05, 0.1) is 5.69 Å². The minimum Gasteiger partial charge on any atom is -0.356 e. The van der Waals surface area contributed by atoms with Gasteiger partial charge in [-0.3, -0.25) is 4.99 Å². The smallest absolute Gasteiger partial charge is 0.193 e. The number of aliphatic imine (C=N–C) groups is 1. The Hall–Kier alpha value is -1.35. The van der Waals surface area contributed by atoms with Gasteiger partial charge in [-0.25, -0.2) is 4.98 Å². The largest absolute Gasteiger partial charge is 0.356 e. The van der Waals surface area contributed by atoms with Crippen LogP contribution in [0.3, 0.4) is 0 Å². The van der Waals surface area contributed by atoms with Gasteiger partial charge in [-0.15, -0.1) is 35.3 Å². The first kappa shape index (κ1) is 20.4. The lowest BCUT2D eigenvalue weighted by atomic mass is 10.0. The normalized spacial score (nSPS) is 16.9. The predicted octanol–water partition coefficient (Wildman–Crippen LogP) is 3.54. The van der Waals surface area contributed by atoms with E-state index < -0.39 is 0 Å². The first-order chi connectivity index (χ1) is 12.8. The summed E-state index contributed by atoms with van der Waals surface area (Å²) in [5.41, 5.74) is 4.07. The Morgan fingerprint density at radius 2 is 1.96 bits per heavy atom. The van der Waals surface area contributed by atoms with Crippen LogP contribution < -0.4 is 10.2 Å². The van der Waals surface area contributed by atoms with E-state index in [4.69, 9.17) is 4.98 Å². The fraction of sp³-hybridized carbons (Fsp3) is 0.500. The van der Waals surface area contributed by atoms with Crippen LogP contribution in [-0.2, 0) is 19.4 Å². The van der Waals surface area contributed by atoms with Crippen molar-refractivity contribution in [2.24, 2.45) is 4.99 Å². The first-order valence-corrected chi connectivity index (χ1v) is 10.4. The predicted molar refractivity (Wildman–Crippen MR) is 125 cm³/mol. The molecule has 0 aliphatic carbocycles. The summed E-state index contributed by atoms with van der Waals surface area (Å²) >= 11 is 1.78. The number of hydrogen-bond donors (Lipinski definition) is 1. The summed E-state index contributed by atoms with van der Waals surface area (Å²) in [6.07, 6.45) is 4.62. The molecule has 2 aliphatic rings. The maximum atomic E-state index is 4.81. The Morgan fingerprint density at radius 1 is 1.19 bits per heavy atom. The van der Waals surface area contributed by atoms with Crippen LogP contribution in [0.2, 0.25) is 0 Å². The molecule has 0 amide bonds. The molecule has 0 bridgehead atoms. The quantitative estimate of drug-likeness (QED) is 0.399. The first-order valence-electron chi connectivity index (χ1n) is 9.55. The molecule has 1 N–H and O–H groups in total. The van der Waals surface area contributed by atoms with Crippen LogP contribution in [0.5, 0.6) is 0 Å². The van der Waals surface area contributed by atoms with Crippen molar-refractivity contribution in [2.75, 3.05) is 38.1 Å². The fourth-order valence-corrected chi connectivity index (χ4v) is 4.69. The molecule has 7 heteroatoms. The molecule has 0 atom stereocenters. The second kappa shape index (κ2) is 9.73. The summed E-state index contributed by atoms with van der Waals surface area (Å²) in [7, 11) is 1.87. The van der Waals surface area contributed by atoms with Crippen LogP contribution in [0.15, 0.2) is 34.6 Å². The lowest BCUT2D eigenvalue weighted by molar-refractivity contribution is 0.379. The molecular formula is C20H28IN5S. The molecule has 146 valence electrons. The summed E-state index contributed by atoms with van der Waals surface area (Å²) in [4.78, 5) is 14.1. The minimum atomic E-state index is 0. The second-order valence-electron chi connectivity index (χ2n) is 6.98. The van der Waals surface area contributed by atoms with E-state index in [1.807, 2.05) is 7.05 Å². The molecule has 4 rings (SSSR count). The Labute approximate surface area is 182 Å². The summed E-state index contributed by atoms with van der Waals surface area (Å²) in [5.74, 6) is 0.995. The standard InChI is InChI=1S/C20H27N5S.HI/c1-21-19(25-13-9-16-6-2-3-7-17(16)14-25)22-10-8-18-15-26-20(23-18)24-11-4-5-12-24;/h2-3,6-7,15H,4-5,8-14H2,1H3,(H,21,22);1H. The number of halogens is 1. The third-order valence-corrected chi connectivity index (χ3v) is 6.17. The average Bonchev–Trinajstić information content (AvgIpc) is 3.36. The molecule has 0 spiro atoms. The summed E-state index contributed by atoms with van der Waals surface area (Å²) < 4.78 is 0. The van der Waals surface area contributed by atoms with Gasteiger partial charge in [-0.1, -0.05) is 24.3 Å².